The molecule has 8 heteroatoms. The predicted octanol–water partition coefficient (Wildman–Crippen LogP) is 2.26. The van der Waals surface area contributed by atoms with Gasteiger partial charge in [-0.1, -0.05) is 6.07 Å². The van der Waals surface area contributed by atoms with Crippen molar-refractivity contribution in [3.63, 3.8) is 0 Å². The molecule has 3 heterocycles. The number of amides is 2. The average molecular weight is 378 g/mol. The summed E-state index contributed by atoms with van der Waals surface area (Å²) in [6, 6.07) is 5.49. The minimum absolute atomic E-state index is 0.00157. The maximum Gasteiger partial charge on any atom is 0.349 e. The number of nitrogens with zero attached hydrogens (tertiary/aromatic N) is 2. The van der Waals surface area contributed by atoms with Crippen molar-refractivity contribution < 1.29 is 19.1 Å². The molecule has 25 heavy (non-hydrogen) atoms. The first-order valence-electron chi connectivity index (χ1n) is 7.88. The summed E-state index contributed by atoms with van der Waals surface area (Å²) in [7, 11) is 0. The Hall–Kier alpha value is -2.19. The second-order valence-corrected chi connectivity index (χ2v) is 7.52. The van der Waals surface area contributed by atoms with E-state index in [0.29, 0.717) is 35.9 Å². The smallest absolute Gasteiger partial charge is 0.349 e. The fraction of sp³-hybridized carbons (Fsp3) is 0.353. The largest absolute Gasteiger partial charge is 0.451 e. The van der Waals surface area contributed by atoms with Gasteiger partial charge in [0.1, 0.15) is 4.88 Å². The number of carbonyl (C=O) groups excluding carboxylic acids is 3. The highest BCUT2D eigenvalue weighted by molar-refractivity contribution is 7.12. The highest BCUT2D eigenvalue weighted by Crippen LogP contribution is 2.17. The van der Waals surface area contributed by atoms with Gasteiger partial charge in [0.2, 0.25) is 0 Å². The van der Waals surface area contributed by atoms with Crippen molar-refractivity contribution in [3.8, 4) is 0 Å². The van der Waals surface area contributed by atoms with Gasteiger partial charge in [0.15, 0.2) is 6.61 Å². The van der Waals surface area contributed by atoms with Crippen LogP contribution in [-0.4, -0.2) is 60.4 Å². The highest BCUT2D eigenvalue weighted by atomic mass is 32.1. The van der Waals surface area contributed by atoms with E-state index in [2.05, 4.69) is 0 Å². The predicted molar refractivity (Wildman–Crippen MR) is 96.1 cm³/mol. The van der Waals surface area contributed by atoms with Gasteiger partial charge in [0.05, 0.1) is 4.88 Å². The normalized spacial score (nSPS) is 14.4. The zero-order valence-electron chi connectivity index (χ0n) is 13.8. The first kappa shape index (κ1) is 17.6. The highest BCUT2D eigenvalue weighted by Gasteiger charge is 2.26. The fourth-order valence-electron chi connectivity index (χ4n) is 2.58. The van der Waals surface area contributed by atoms with Crippen LogP contribution in [-0.2, 0) is 9.53 Å². The fourth-order valence-corrected chi connectivity index (χ4v) is 4.09. The number of hydrogen-bond donors (Lipinski definition) is 0. The summed E-state index contributed by atoms with van der Waals surface area (Å²) in [5, 5.41) is 3.69. The summed E-state index contributed by atoms with van der Waals surface area (Å²) in [5.41, 5.74) is 0.850. The summed E-state index contributed by atoms with van der Waals surface area (Å²) in [6.07, 6.45) is 0. The van der Waals surface area contributed by atoms with E-state index in [-0.39, 0.29) is 18.4 Å². The number of carbonyl (C=O) groups is 3. The van der Waals surface area contributed by atoms with Crippen LogP contribution < -0.4 is 0 Å². The first-order valence-corrected chi connectivity index (χ1v) is 9.64. The van der Waals surface area contributed by atoms with Crippen LogP contribution in [0.15, 0.2) is 29.0 Å². The van der Waals surface area contributed by atoms with E-state index in [1.807, 2.05) is 29.8 Å². The van der Waals surface area contributed by atoms with Crippen molar-refractivity contribution in [2.75, 3.05) is 32.8 Å². The molecule has 0 aliphatic carbocycles. The van der Waals surface area contributed by atoms with Gasteiger partial charge in [-0.25, -0.2) is 4.79 Å². The topological polar surface area (TPSA) is 66.9 Å². The number of thiophene rings is 2. The van der Waals surface area contributed by atoms with Crippen molar-refractivity contribution in [2.24, 2.45) is 0 Å². The van der Waals surface area contributed by atoms with Gasteiger partial charge in [-0.2, -0.15) is 0 Å². The average Bonchev–Trinajstić information content (AvgIpc) is 3.30. The van der Waals surface area contributed by atoms with Crippen molar-refractivity contribution in [2.45, 2.75) is 6.92 Å². The summed E-state index contributed by atoms with van der Waals surface area (Å²) in [4.78, 5) is 41.1. The number of ether oxygens (including phenoxy) is 1. The third-order valence-corrected chi connectivity index (χ3v) is 5.88. The molecule has 2 aromatic rings. The zero-order chi connectivity index (χ0) is 17.8. The quantitative estimate of drug-likeness (QED) is 0.766. The second-order valence-electron chi connectivity index (χ2n) is 5.66. The third-order valence-electron chi connectivity index (χ3n) is 4.03. The first-order chi connectivity index (χ1) is 12.1. The molecule has 0 unspecified atom stereocenters. The Morgan fingerprint density at radius 3 is 2.36 bits per heavy atom. The Morgan fingerprint density at radius 1 is 1.04 bits per heavy atom. The minimum atomic E-state index is -0.465. The van der Waals surface area contributed by atoms with Crippen LogP contribution >= 0.6 is 22.7 Å². The Balaban J connectivity index is 1.46. The molecule has 0 aromatic carbocycles. The van der Waals surface area contributed by atoms with Crippen LogP contribution in [0.25, 0.3) is 0 Å². The lowest BCUT2D eigenvalue weighted by Crippen LogP contribution is -2.51. The van der Waals surface area contributed by atoms with E-state index in [0.717, 1.165) is 5.56 Å². The van der Waals surface area contributed by atoms with Gasteiger partial charge >= 0.3 is 5.97 Å². The van der Waals surface area contributed by atoms with Crippen LogP contribution in [0.4, 0.5) is 0 Å². The molecule has 1 fully saturated rings. The van der Waals surface area contributed by atoms with E-state index in [4.69, 9.17) is 4.74 Å². The standard InChI is InChI=1S/C17H18N2O4S2/c1-12-4-10-25-15(12)17(22)23-11-14(20)18-5-7-19(8-6-18)16(21)13-3-2-9-24-13/h2-4,9-10H,5-8,11H2,1H3. The number of piperazine rings is 1. The number of esters is 1. The molecule has 1 saturated heterocycles. The zero-order valence-corrected chi connectivity index (χ0v) is 15.4. The van der Waals surface area contributed by atoms with E-state index < -0.39 is 5.97 Å². The lowest BCUT2D eigenvalue weighted by atomic mass is 10.3. The number of hydrogen-bond acceptors (Lipinski definition) is 6. The molecule has 1 aliphatic heterocycles. The molecule has 0 bridgehead atoms. The van der Waals surface area contributed by atoms with Crippen LogP contribution in [0.1, 0.15) is 24.9 Å². The summed E-state index contributed by atoms with van der Waals surface area (Å²) in [6.45, 7) is 3.44. The van der Waals surface area contributed by atoms with E-state index in [1.54, 1.807) is 15.9 Å². The molecule has 1 aliphatic rings. The summed E-state index contributed by atoms with van der Waals surface area (Å²) >= 11 is 2.72. The molecular formula is C17H18N2O4S2. The molecule has 0 radical (unpaired) electrons. The number of aryl methyl sites for hydroxylation is 1. The molecule has 0 N–H and O–H groups in total. The minimum Gasteiger partial charge on any atom is -0.451 e. The lowest BCUT2D eigenvalue weighted by molar-refractivity contribution is -0.136. The molecule has 0 spiro atoms. The molecular weight excluding hydrogens is 360 g/mol. The van der Waals surface area contributed by atoms with E-state index in [1.165, 1.54) is 22.7 Å². The van der Waals surface area contributed by atoms with Gasteiger partial charge < -0.3 is 14.5 Å². The Kier molecular flexibility index (Phi) is 5.50. The van der Waals surface area contributed by atoms with Crippen LogP contribution in [0.2, 0.25) is 0 Å². The van der Waals surface area contributed by atoms with E-state index in [9.17, 15) is 14.4 Å². The molecule has 2 amide bonds. The monoisotopic (exact) mass is 378 g/mol. The van der Waals surface area contributed by atoms with Crippen LogP contribution in [0.3, 0.4) is 0 Å². The Bertz CT molecular complexity index is 761. The maximum atomic E-state index is 12.3. The van der Waals surface area contributed by atoms with Gasteiger partial charge in [0.25, 0.3) is 11.8 Å². The second kappa shape index (κ2) is 7.79. The van der Waals surface area contributed by atoms with Crippen molar-refractivity contribution in [3.05, 3.63) is 44.3 Å². The molecule has 2 aromatic heterocycles. The van der Waals surface area contributed by atoms with Crippen molar-refractivity contribution in [1.29, 1.82) is 0 Å². The number of rotatable bonds is 4. The lowest BCUT2D eigenvalue weighted by Gasteiger charge is -2.34. The summed E-state index contributed by atoms with van der Waals surface area (Å²) in [5.74, 6) is -0.695. The van der Waals surface area contributed by atoms with Crippen molar-refractivity contribution >= 4 is 40.5 Å². The summed E-state index contributed by atoms with van der Waals surface area (Å²) < 4.78 is 5.12. The van der Waals surface area contributed by atoms with Crippen molar-refractivity contribution in [1.82, 2.24) is 9.80 Å². The SMILES string of the molecule is Cc1ccsc1C(=O)OCC(=O)N1CCN(C(=O)c2cccs2)CC1. The van der Waals surface area contributed by atoms with Gasteiger partial charge in [-0.05, 0) is 35.4 Å². The molecule has 6 nitrogen and oxygen atoms in total. The van der Waals surface area contributed by atoms with E-state index >= 15 is 0 Å². The third kappa shape index (κ3) is 4.08. The molecule has 132 valence electrons. The molecule has 3 rings (SSSR count). The van der Waals surface area contributed by atoms with Gasteiger partial charge in [-0.3, -0.25) is 9.59 Å². The molecule has 0 atom stereocenters. The Morgan fingerprint density at radius 2 is 1.76 bits per heavy atom. The van der Waals surface area contributed by atoms with Gasteiger partial charge in [0, 0.05) is 26.2 Å². The maximum absolute atomic E-state index is 12.3. The Labute approximate surface area is 153 Å². The van der Waals surface area contributed by atoms with Crippen LogP contribution in [0, 0.1) is 6.92 Å². The van der Waals surface area contributed by atoms with Gasteiger partial charge in [-0.15, -0.1) is 22.7 Å². The van der Waals surface area contributed by atoms with Crippen LogP contribution in [0.5, 0.6) is 0 Å². The molecule has 0 saturated carbocycles.